The highest BCUT2D eigenvalue weighted by Crippen LogP contribution is 2.28. The van der Waals surface area contributed by atoms with Crippen molar-refractivity contribution in [2.75, 3.05) is 7.11 Å². The Balaban J connectivity index is 1.36. The van der Waals surface area contributed by atoms with E-state index in [2.05, 4.69) is 15.5 Å². The van der Waals surface area contributed by atoms with Crippen molar-refractivity contribution in [1.82, 2.24) is 5.32 Å². The minimum Gasteiger partial charge on any atom is -0.493 e. The summed E-state index contributed by atoms with van der Waals surface area (Å²) >= 11 is 7.29. The van der Waals surface area contributed by atoms with Crippen LogP contribution in [0, 0.1) is 0 Å². The summed E-state index contributed by atoms with van der Waals surface area (Å²) < 4.78 is 11.3. The van der Waals surface area contributed by atoms with Gasteiger partial charge in [0, 0.05) is 5.02 Å². The molecule has 0 spiro atoms. The largest absolute Gasteiger partial charge is 0.493 e. The molecule has 4 rings (SSSR count). The number of amides is 1. The number of halogens is 1. The monoisotopic (exact) mass is 479 g/mol. The Hall–Kier alpha value is -3.29. The lowest BCUT2D eigenvalue weighted by molar-refractivity contribution is -0.118. The SMILES string of the molecule is COc1cc(/C=N/N=C2\NC(=O)C(Cc3ccc(Cl)cc3)S2)ccc1OCc1ccccc1. The maximum Gasteiger partial charge on any atom is 0.239 e. The highest BCUT2D eigenvalue weighted by atomic mass is 35.5. The molecule has 8 heteroatoms. The molecule has 1 fully saturated rings. The first kappa shape index (κ1) is 22.9. The van der Waals surface area contributed by atoms with Gasteiger partial charge in [-0.25, -0.2) is 0 Å². The van der Waals surface area contributed by atoms with E-state index in [0.29, 0.717) is 34.7 Å². The number of rotatable bonds is 8. The van der Waals surface area contributed by atoms with Crippen LogP contribution >= 0.6 is 23.4 Å². The van der Waals surface area contributed by atoms with Gasteiger partial charge in [-0.1, -0.05) is 65.8 Å². The molecule has 0 saturated carbocycles. The molecule has 1 aliphatic heterocycles. The van der Waals surface area contributed by atoms with Gasteiger partial charge in [-0.15, -0.1) is 5.10 Å². The Labute approximate surface area is 201 Å². The maximum atomic E-state index is 12.3. The van der Waals surface area contributed by atoms with Gasteiger partial charge in [0.05, 0.1) is 18.6 Å². The molecule has 0 aliphatic carbocycles. The van der Waals surface area contributed by atoms with Crippen molar-refractivity contribution < 1.29 is 14.3 Å². The lowest BCUT2D eigenvalue weighted by Gasteiger charge is -2.11. The number of ether oxygens (including phenoxy) is 2. The number of thioether (sulfide) groups is 1. The molecule has 1 amide bonds. The topological polar surface area (TPSA) is 72.3 Å². The van der Waals surface area contributed by atoms with E-state index >= 15 is 0 Å². The van der Waals surface area contributed by atoms with E-state index in [-0.39, 0.29) is 11.2 Å². The van der Waals surface area contributed by atoms with Crippen LogP contribution < -0.4 is 14.8 Å². The summed E-state index contributed by atoms with van der Waals surface area (Å²) in [6.45, 7) is 0.451. The van der Waals surface area contributed by atoms with Crippen molar-refractivity contribution in [1.29, 1.82) is 0 Å². The molecule has 1 heterocycles. The molecular formula is C25H22ClN3O3S. The van der Waals surface area contributed by atoms with Crippen molar-refractivity contribution in [3.05, 3.63) is 94.5 Å². The fourth-order valence-corrected chi connectivity index (χ4v) is 4.28. The summed E-state index contributed by atoms with van der Waals surface area (Å²) in [6, 6.07) is 22.9. The molecule has 1 N–H and O–H groups in total. The second-order valence-electron chi connectivity index (χ2n) is 7.26. The minimum absolute atomic E-state index is 0.0783. The van der Waals surface area contributed by atoms with Gasteiger partial charge in [0.15, 0.2) is 16.7 Å². The van der Waals surface area contributed by atoms with Gasteiger partial charge in [-0.3, -0.25) is 4.79 Å². The first-order valence-corrected chi connectivity index (χ1v) is 11.5. The lowest BCUT2D eigenvalue weighted by Crippen LogP contribution is -2.25. The first-order valence-electron chi connectivity index (χ1n) is 10.3. The van der Waals surface area contributed by atoms with Crippen LogP contribution in [0.3, 0.4) is 0 Å². The number of carbonyl (C=O) groups excluding carboxylic acids is 1. The van der Waals surface area contributed by atoms with Crippen LogP contribution in [0.2, 0.25) is 5.02 Å². The van der Waals surface area contributed by atoms with E-state index in [1.807, 2.05) is 72.8 Å². The minimum atomic E-state index is -0.249. The zero-order valence-electron chi connectivity index (χ0n) is 17.9. The Morgan fingerprint density at radius 2 is 1.82 bits per heavy atom. The lowest BCUT2D eigenvalue weighted by atomic mass is 10.1. The van der Waals surface area contributed by atoms with Crippen LogP contribution in [0.15, 0.2) is 83.0 Å². The number of methoxy groups -OCH3 is 1. The molecule has 1 atom stereocenters. The molecular weight excluding hydrogens is 458 g/mol. The maximum absolute atomic E-state index is 12.3. The molecule has 3 aromatic rings. The van der Waals surface area contributed by atoms with Crippen LogP contribution in [-0.4, -0.2) is 29.6 Å². The Bertz CT molecular complexity index is 1170. The van der Waals surface area contributed by atoms with Crippen molar-refractivity contribution in [2.24, 2.45) is 10.2 Å². The summed E-state index contributed by atoms with van der Waals surface area (Å²) in [6.07, 6.45) is 2.20. The van der Waals surface area contributed by atoms with E-state index in [0.717, 1.165) is 16.7 Å². The van der Waals surface area contributed by atoms with E-state index < -0.39 is 0 Å². The van der Waals surface area contributed by atoms with Gasteiger partial charge >= 0.3 is 0 Å². The zero-order chi connectivity index (χ0) is 23.0. The second-order valence-corrected chi connectivity index (χ2v) is 8.89. The average molecular weight is 480 g/mol. The number of amidine groups is 1. The van der Waals surface area contributed by atoms with Crippen molar-refractivity contribution >= 4 is 40.7 Å². The van der Waals surface area contributed by atoms with Crippen molar-refractivity contribution in [3.8, 4) is 11.5 Å². The zero-order valence-corrected chi connectivity index (χ0v) is 19.5. The Morgan fingerprint density at radius 3 is 2.58 bits per heavy atom. The molecule has 0 aromatic heterocycles. The normalized spacial score (nSPS) is 16.8. The smallest absolute Gasteiger partial charge is 0.239 e. The third-order valence-corrected chi connectivity index (χ3v) is 6.22. The van der Waals surface area contributed by atoms with Gasteiger partial charge in [0.1, 0.15) is 6.61 Å². The second kappa shape index (κ2) is 11.0. The number of benzene rings is 3. The summed E-state index contributed by atoms with van der Waals surface area (Å²) in [4.78, 5) is 12.3. The number of hydrogen-bond acceptors (Lipinski definition) is 6. The summed E-state index contributed by atoms with van der Waals surface area (Å²) in [5.41, 5.74) is 2.92. The molecule has 1 unspecified atom stereocenters. The van der Waals surface area contributed by atoms with Gasteiger partial charge in [-0.2, -0.15) is 5.10 Å². The third kappa shape index (κ3) is 6.37. The van der Waals surface area contributed by atoms with Crippen LogP contribution in [-0.2, 0) is 17.8 Å². The fourth-order valence-electron chi connectivity index (χ4n) is 3.19. The van der Waals surface area contributed by atoms with Crippen molar-refractivity contribution in [3.63, 3.8) is 0 Å². The molecule has 33 heavy (non-hydrogen) atoms. The molecule has 1 saturated heterocycles. The summed E-state index contributed by atoms with van der Waals surface area (Å²) in [5, 5.41) is 12.0. The average Bonchev–Trinajstić information content (AvgIpc) is 3.19. The van der Waals surface area contributed by atoms with Crippen LogP contribution in [0.5, 0.6) is 11.5 Å². The van der Waals surface area contributed by atoms with Gasteiger partial charge in [-0.05, 0) is 53.4 Å². The summed E-state index contributed by atoms with van der Waals surface area (Å²) in [5.74, 6) is 1.17. The van der Waals surface area contributed by atoms with Gasteiger partial charge in [0.25, 0.3) is 0 Å². The fraction of sp³-hybridized carbons (Fsp3) is 0.160. The Morgan fingerprint density at radius 1 is 1.03 bits per heavy atom. The van der Waals surface area contributed by atoms with E-state index in [1.54, 1.807) is 13.3 Å². The Kier molecular flexibility index (Phi) is 7.65. The third-order valence-electron chi connectivity index (χ3n) is 4.89. The number of carbonyl (C=O) groups is 1. The molecule has 3 aromatic carbocycles. The predicted octanol–water partition coefficient (Wildman–Crippen LogP) is 5.09. The van der Waals surface area contributed by atoms with E-state index in [4.69, 9.17) is 21.1 Å². The van der Waals surface area contributed by atoms with E-state index in [9.17, 15) is 4.79 Å². The quantitative estimate of drug-likeness (QED) is 0.360. The van der Waals surface area contributed by atoms with Crippen LogP contribution in [0.25, 0.3) is 0 Å². The van der Waals surface area contributed by atoms with Gasteiger partial charge in [0.2, 0.25) is 5.91 Å². The summed E-state index contributed by atoms with van der Waals surface area (Å²) in [7, 11) is 1.59. The van der Waals surface area contributed by atoms with Gasteiger partial charge < -0.3 is 14.8 Å². The highest BCUT2D eigenvalue weighted by Gasteiger charge is 2.30. The number of nitrogens with one attached hydrogen (secondary N) is 1. The van der Waals surface area contributed by atoms with Crippen molar-refractivity contribution in [2.45, 2.75) is 18.3 Å². The molecule has 1 aliphatic rings. The number of nitrogens with zero attached hydrogens (tertiary/aromatic N) is 2. The number of hydrogen-bond donors (Lipinski definition) is 1. The molecule has 0 radical (unpaired) electrons. The first-order chi connectivity index (χ1) is 16.1. The predicted molar refractivity (Wildman–Crippen MR) is 133 cm³/mol. The highest BCUT2D eigenvalue weighted by molar-refractivity contribution is 8.15. The van der Waals surface area contributed by atoms with E-state index in [1.165, 1.54) is 11.8 Å². The molecule has 0 bridgehead atoms. The standard InChI is InChI=1S/C25H22ClN3O3S/c1-31-22-13-19(9-12-21(22)32-16-18-5-3-2-4-6-18)15-27-29-25-28-24(30)23(33-25)14-17-7-10-20(26)11-8-17/h2-13,15,23H,14,16H2,1H3,(H,28,29,30)/b27-15+. The van der Waals surface area contributed by atoms with Crippen LogP contribution in [0.4, 0.5) is 0 Å². The molecule has 6 nitrogen and oxygen atoms in total. The van der Waals surface area contributed by atoms with Crippen LogP contribution in [0.1, 0.15) is 16.7 Å². The molecule has 168 valence electrons.